The average Bonchev–Trinajstić information content (AvgIpc) is 3.10. The van der Waals surface area contributed by atoms with E-state index in [-0.39, 0.29) is 5.91 Å². The molecule has 1 amide bonds. The highest BCUT2D eigenvalue weighted by molar-refractivity contribution is 5.93. The van der Waals surface area contributed by atoms with Crippen LogP contribution in [0.15, 0.2) is 6.07 Å². The molecule has 0 radical (unpaired) electrons. The molecule has 3 fully saturated rings. The third-order valence-electron chi connectivity index (χ3n) is 5.35. The second kappa shape index (κ2) is 6.88. The monoisotopic (exact) mass is 346 g/mol. The maximum Gasteiger partial charge on any atom is 0.272 e. The van der Waals surface area contributed by atoms with E-state index in [4.69, 9.17) is 9.47 Å². The van der Waals surface area contributed by atoms with Crippen LogP contribution in [0.2, 0.25) is 0 Å². The second-order valence-electron chi connectivity index (χ2n) is 7.11. The Hall–Kier alpha value is -1.73. The van der Waals surface area contributed by atoms with Gasteiger partial charge in [-0.1, -0.05) is 0 Å². The lowest BCUT2D eigenvalue weighted by Crippen LogP contribution is -2.47. The van der Waals surface area contributed by atoms with Gasteiger partial charge in [0.2, 0.25) is 0 Å². The Morgan fingerprint density at radius 3 is 2.40 bits per heavy atom. The summed E-state index contributed by atoms with van der Waals surface area (Å²) in [7, 11) is 0. The van der Waals surface area contributed by atoms with E-state index in [1.165, 1.54) is 19.3 Å². The zero-order chi connectivity index (χ0) is 17.3. The Balaban J connectivity index is 1.47. The predicted octanol–water partition coefficient (Wildman–Crippen LogP) is 1.75. The number of aryl methyl sites for hydroxylation is 1. The number of carbonyl (C=O) groups is 1. The molecule has 1 aromatic rings. The Morgan fingerprint density at radius 1 is 1.04 bits per heavy atom. The fourth-order valence-electron chi connectivity index (χ4n) is 3.94. The average molecular weight is 346 g/mol. The van der Waals surface area contributed by atoms with Crippen LogP contribution in [0, 0.1) is 6.92 Å². The van der Waals surface area contributed by atoms with Gasteiger partial charge in [0.05, 0.1) is 13.2 Å². The fraction of sp³-hybridized carbons (Fsp3) is 0.722. The molecule has 136 valence electrons. The van der Waals surface area contributed by atoms with Crippen LogP contribution in [-0.4, -0.2) is 66.0 Å². The van der Waals surface area contributed by atoms with Crippen molar-refractivity contribution in [2.24, 2.45) is 0 Å². The van der Waals surface area contributed by atoms with Crippen LogP contribution in [0.5, 0.6) is 0 Å². The lowest BCUT2D eigenvalue weighted by Gasteiger charge is -2.37. The summed E-state index contributed by atoms with van der Waals surface area (Å²) in [6.07, 6.45) is 5.08. The van der Waals surface area contributed by atoms with Crippen molar-refractivity contribution in [3.8, 4) is 0 Å². The van der Waals surface area contributed by atoms with Crippen LogP contribution >= 0.6 is 0 Å². The summed E-state index contributed by atoms with van der Waals surface area (Å²) >= 11 is 0. The highest BCUT2D eigenvalue weighted by Gasteiger charge is 2.41. The first-order chi connectivity index (χ1) is 12.2. The molecule has 7 heteroatoms. The van der Waals surface area contributed by atoms with E-state index >= 15 is 0 Å². The summed E-state index contributed by atoms with van der Waals surface area (Å²) in [5, 5.41) is 0. The number of likely N-dealkylation sites (tertiary alicyclic amines) is 1. The number of ether oxygens (including phenoxy) is 2. The zero-order valence-corrected chi connectivity index (χ0v) is 14.9. The van der Waals surface area contributed by atoms with Crippen LogP contribution in [-0.2, 0) is 9.47 Å². The summed E-state index contributed by atoms with van der Waals surface area (Å²) in [4.78, 5) is 26.0. The summed E-state index contributed by atoms with van der Waals surface area (Å²) in [5.41, 5.74) is 0.497. The molecule has 1 spiro atoms. The SMILES string of the molecule is Cc1nc(C(=O)N2CCC3(CC2)OCCO3)cc(N2CCCCC2)n1. The maximum atomic E-state index is 12.9. The van der Waals surface area contributed by atoms with Gasteiger partial charge in [0.15, 0.2) is 5.79 Å². The van der Waals surface area contributed by atoms with Gasteiger partial charge in [0, 0.05) is 45.1 Å². The van der Waals surface area contributed by atoms with Gasteiger partial charge in [0.1, 0.15) is 17.3 Å². The van der Waals surface area contributed by atoms with Gasteiger partial charge in [-0.25, -0.2) is 9.97 Å². The molecule has 0 bridgehead atoms. The second-order valence-corrected chi connectivity index (χ2v) is 7.11. The third-order valence-corrected chi connectivity index (χ3v) is 5.35. The van der Waals surface area contributed by atoms with Crippen LogP contribution in [0.25, 0.3) is 0 Å². The summed E-state index contributed by atoms with van der Waals surface area (Å²) in [5.74, 6) is 1.06. The number of nitrogens with zero attached hydrogens (tertiary/aromatic N) is 4. The van der Waals surface area contributed by atoms with E-state index in [2.05, 4.69) is 14.9 Å². The normalized spacial score (nSPS) is 23.2. The highest BCUT2D eigenvalue weighted by atomic mass is 16.7. The first-order valence-electron chi connectivity index (χ1n) is 9.33. The number of piperidine rings is 2. The molecule has 4 heterocycles. The van der Waals surface area contributed by atoms with E-state index in [1.807, 2.05) is 17.9 Å². The molecule has 0 aromatic carbocycles. The Labute approximate surface area is 148 Å². The van der Waals surface area contributed by atoms with E-state index in [1.54, 1.807) is 0 Å². The van der Waals surface area contributed by atoms with Crippen molar-refractivity contribution in [2.45, 2.75) is 44.8 Å². The topological polar surface area (TPSA) is 67.8 Å². The molecule has 0 saturated carbocycles. The quantitative estimate of drug-likeness (QED) is 0.813. The van der Waals surface area contributed by atoms with E-state index < -0.39 is 5.79 Å². The third kappa shape index (κ3) is 3.48. The lowest BCUT2D eigenvalue weighted by atomic mass is 10.0. The minimum Gasteiger partial charge on any atom is -0.356 e. The molecule has 4 rings (SSSR count). The summed E-state index contributed by atoms with van der Waals surface area (Å²) in [6.45, 7) is 6.45. The summed E-state index contributed by atoms with van der Waals surface area (Å²) < 4.78 is 11.5. The highest BCUT2D eigenvalue weighted by Crippen LogP contribution is 2.31. The zero-order valence-electron chi connectivity index (χ0n) is 14.9. The molecule has 0 aliphatic carbocycles. The van der Waals surface area contributed by atoms with E-state index in [0.29, 0.717) is 37.8 Å². The van der Waals surface area contributed by atoms with Gasteiger partial charge in [-0.3, -0.25) is 4.79 Å². The number of hydrogen-bond donors (Lipinski definition) is 0. The molecule has 0 unspecified atom stereocenters. The molecule has 1 aromatic heterocycles. The van der Waals surface area contributed by atoms with Crippen LogP contribution in [0.4, 0.5) is 5.82 Å². The number of hydrogen-bond acceptors (Lipinski definition) is 6. The number of carbonyl (C=O) groups excluding carboxylic acids is 1. The van der Waals surface area contributed by atoms with Crippen LogP contribution in [0.3, 0.4) is 0 Å². The smallest absolute Gasteiger partial charge is 0.272 e. The number of rotatable bonds is 2. The van der Waals surface area contributed by atoms with Crippen molar-refractivity contribution in [1.82, 2.24) is 14.9 Å². The molecule has 3 saturated heterocycles. The molecular weight excluding hydrogens is 320 g/mol. The molecule has 3 aliphatic rings. The van der Waals surface area contributed by atoms with Gasteiger partial charge in [0.25, 0.3) is 5.91 Å². The lowest BCUT2D eigenvalue weighted by molar-refractivity contribution is -0.181. The van der Waals surface area contributed by atoms with Crippen molar-refractivity contribution in [3.05, 3.63) is 17.6 Å². The minimum atomic E-state index is -0.461. The van der Waals surface area contributed by atoms with Gasteiger partial charge < -0.3 is 19.3 Å². The van der Waals surface area contributed by atoms with Gasteiger partial charge in [-0.15, -0.1) is 0 Å². The molecule has 0 N–H and O–H groups in total. The number of amides is 1. The predicted molar refractivity (Wildman–Crippen MR) is 92.6 cm³/mol. The molecule has 7 nitrogen and oxygen atoms in total. The van der Waals surface area contributed by atoms with Crippen LogP contribution in [0.1, 0.15) is 48.4 Å². The minimum absolute atomic E-state index is 0.0170. The first-order valence-corrected chi connectivity index (χ1v) is 9.33. The summed E-state index contributed by atoms with van der Waals surface area (Å²) in [6, 6.07) is 1.85. The maximum absolute atomic E-state index is 12.9. The standard InChI is InChI=1S/C18H26N4O3/c1-14-19-15(13-16(20-14)21-7-3-2-4-8-21)17(23)22-9-5-18(6-10-22)24-11-12-25-18/h13H,2-12H2,1H3. The fourth-order valence-corrected chi connectivity index (χ4v) is 3.94. The molecule has 25 heavy (non-hydrogen) atoms. The first kappa shape index (κ1) is 16.7. The Bertz CT molecular complexity index is 629. The van der Waals surface area contributed by atoms with Crippen molar-refractivity contribution in [1.29, 1.82) is 0 Å². The van der Waals surface area contributed by atoms with Crippen molar-refractivity contribution >= 4 is 11.7 Å². The molecule has 0 atom stereocenters. The van der Waals surface area contributed by atoms with Gasteiger partial charge in [-0.2, -0.15) is 0 Å². The van der Waals surface area contributed by atoms with E-state index in [0.717, 1.165) is 31.7 Å². The van der Waals surface area contributed by atoms with Gasteiger partial charge in [-0.05, 0) is 26.2 Å². The van der Waals surface area contributed by atoms with Crippen molar-refractivity contribution in [2.75, 3.05) is 44.3 Å². The molecular formula is C18H26N4O3. The Kier molecular flexibility index (Phi) is 4.60. The largest absolute Gasteiger partial charge is 0.356 e. The number of aromatic nitrogens is 2. The van der Waals surface area contributed by atoms with Crippen molar-refractivity contribution < 1.29 is 14.3 Å². The number of anilines is 1. The van der Waals surface area contributed by atoms with Crippen molar-refractivity contribution in [3.63, 3.8) is 0 Å². The molecule has 3 aliphatic heterocycles. The van der Waals surface area contributed by atoms with Crippen LogP contribution < -0.4 is 4.90 Å². The van der Waals surface area contributed by atoms with E-state index in [9.17, 15) is 4.79 Å². The van der Waals surface area contributed by atoms with Gasteiger partial charge >= 0.3 is 0 Å². The Morgan fingerprint density at radius 2 is 1.72 bits per heavy atom.